The highest BCUT2D eigenvalue weighted by Crippen LogP contribution is 2.24. The Morgan fingerprint density at radius 2 is 2.05 bits per heavy atom. The number of rotatable bonds is 5. The molecule has 2 N–H and O–H groups in total. The standard InChI is InChI=1S/C15H23ClN2O/c1-12(18-8-3-2-4-9-18)10-17-11-13-14(16)6-5-7-15(13)19/h5-7,12,17,19H,2-4,8-11H2,1H3. The molecule has 1 aromatic carbocycles. The van der Waals surface area contributed by atoms with Gasteiger partial charge in [0.2, 0.25) is 0 Å². The average Bonchev–Trinajstić information content (AvgIpc) is 2.43. The predicted molar refractivity (Wildman–Crippen MR) is 79.7 cm³/mol. The summed E-state index contributed by atoms with van der Waals surface area (Å²) in [6, 6.07) is 5.78. The van der Waals surface area contributed by atoms with Gasteiger partial charge in [0.05, 0.1) is 0 Å². The van der Waals surface area contributed by atoms with Gasteiger partial charge in [-0.05, 0) is 45.0 Å². The first-order valence-corrected chi connectivity index (χ1v) is 7.47. The Morgan fingerprint density at radius 3 is 2.74 bits per heavy atom. The van der Waals surface area contributed by atoms with E-state index in [0.29, 0.717) is 17.6 Å². The number of aromatic hydroxyl groups is 1. The molecular formula is C15H23ClN2O. The minimum atomic E-state index is 0.269. The van der Waals surface area contributed by atoms with Crippen LogP contribution >= 0.6 is 11.6 Å². The number of nitrogens with zero attached hydrogens (tertiary/aromatic N) is 1. The lowest BCUT2D eigenvalue weighted by molar-refractivity contribution is 0.170. The van der Waals surface area contributed by atoms with Crippen LogP contribution in [0.4, 0.5) is 0 Å². The van der Waals surface area contributed by atoms with Crippen LogP contribution in [0.2, 0.25) is 5.02 Å². The molecule has 19 heavy (non-hydrogen) atoms. The van der Waals surface area contributed by atoms with E-state index in [1.807, 2.05) is 6.07 Å². The summed E-state index contributed by atoms with van der Waals surface area (Å²) in [7, 11) is 0. The average molecular weight is 283 g/mol. The van der Waals surface area contributed by atoms with Gasteiger partial charge in [-0.25, -0.2) is 0 Å². The van der Waals surface area contributed by atoms with Crippen molar-refractivity contribution in [3.05, 3.63) is 28.8 Å². The molecule has 0 aliphatic carbocycles. The third kappa shape index (κ3) is 4.10. The van der Waals surface area contributed by atoms with Crippen LogP contribution in [-0.2, 0) is 6.54 Å². The molecule has 1 heterocycles. The summed E-state index contributed by atoms with van der Waals surface area (Å²) in [6.07, 6.45) is 4.00. The van der Waals surface area contributed by atoms with E-state index in [4.69, 9.17) is 11.6 Å². The molecule has 4 heteroatoms. The maximum absolute atomic E-state index is 9.77. The molecule has 1 unspecified atom stereocenters. The van der Waals surface area contributed by atoms with Crippen LogP contribution < -0.4 is 5.32 Å². The highest BCUT2D eigenvalue weighted by molar-refractivity contribution is 6.31. The number of phenols is 1. The van der Waals surface area contributed by atoms with Crippen molar-refractivity contribution in [3.63, 3.8) is 0 Å². The van der Waals surface area contributed by atoms with Crippen molar-refractivity contribution in [1.29, 1.82) is 0 Å². The zero-order chi connectivity index (χ0) is 13.7. The third-order valence-electron chi connectivity index (χ3n) is 3.85. The number of nitrogens with one attached hydrogen (secondary N) is 1. The third-order valence-corrected chi connectivity index (χ3v) is 4.20. The summed E-state index contributed by atoms with van der Waals surface area (Å²) in [5.74, 6) is 0.269. The van der Waals surface area contributed by atoms with Crippen molar-refractivity contribution in [1.82, 2.24) is 10.2 Å². The van der Waals surface area contributed by atoms with Gasteiger partial charge in [-0.1, -0.05) is 24.1 Å². The van der Waals surface area contributed by atoms with Gasteiger partial charge in [0.25, 0.3) is 0 Å². The van der Waals surface area contributed by atoms with Crippen LogP contribution in [0.15, 0.2) is 18.2 Å². The number of benzene rings is 1. The first-order chi connectivity index (χ1) is 9.18. The summed E-state index contributed by atoms with van der Waals surface area (Å²) < 4.78 is 0. The Hall–Kier alpha value is -0.770. The minimum absolute atomic E-state index is 0.269. The lowest BCUT2D eigenvalue weighted by Crippen LogP contribution is -2.42. The normalized spacial score (nSPS) is 18.4. The molecular weight excluding hydrogens is 260 g/mol. The molecule has 0 saturated carbocycles. The Balaban J connectivity index is 1.79. The lowest BCUT2D eigenvalue weighted by Gasteiger charge is -2.32. The van der Waals surface area contributed by atoms with Crippen molar-refractivity contribution in [2.24, 2.45) is 0 Å². The highest BCUT2D eigenvalue weighted by Gasteiger charge is 2.16. The summed E-state index contributed by atoms with van der Waals surface area (Å²) in [5, 5.41) is 13.8. The van der Waals surface area contributed by atoms with Crippen LogP contribution in [0.25, 0.3) is 0 Å². The summed E-state index contributed by atoms with van der Waals surface area (Å²) in [5.41, 5.74) is 0.787. The summed E-state index contributed by atoms with van der Waals surface area (Å²) in [6.45, 7) is 6.21. The van der Waals surface area contributed by atoms with Crippen LogP contribution in [0.5, 0.6) is 5.75 Å². The van der Waals surface area contributed by atoms with E-state index in [0.717, 1.165) is 12.1 Å². The smallest absolute Gasteiger partial charge is 0.121 e. The first kappa shape index (κ1) is 14.6. The fourth-order valence-electron chi connectivity index (χ4n) is 2.62. The minimum Gasteiger partial charge on any atom is -0.508 e. The second kappa shape index (κ2) is 7.13. The van der Waals surface area contributed by atoms with Gasteiger partial charge in [0.15, 0.2) is 0 Å². The van der Waals surface area contributed by atoms with Crippen molar-refractivity contribution in [2.45, 2.75) is 38.8 Å². The number of phenolic OH excluding ortho intramolecular Hbond substituents is 1. The van der Waals surface area contributed by atoms with Gasteiger partial charge in [0, 0.05) is 29.7 Å². The summed E-state index contributed by atoms with van der Waals surface area (Å²) in [4.78, 5) is 2.53. The maximum Gasteiger partial charge on any atom is 0.121 e. The van der Waals surface area contributed by atoms with Crippen LogP contribution in [0, 0.1) is 0 Å². The van der Waals surface area contributed by atoms with Gasteiger partial charge >= 0.3 is 0 Å². The van der Waals surface area contributed by atoms with Gasteiger partial charge in [-0.15, -0.1) is 0 Å². The molecule has 3 nitrogen and oxygen atoms in total. The number of hydrogen-bond donors (Lipinski definition) is 2. The fraction of sp³-hybridized carbons (Fsp3) is 0.600. The molecule has 0 aromatic heterocycles. The van der Waals surface area contributed by atoms with Crippen LogP contribution in [-0.4, -0.2) is 35.7 Å². The first-order valence-electron chi connectivity index (χ1n) is 7.09. The zero-order valence-corrected chi connectivity index (χ0v) is 12.3. The number of piperidine rings is 1. The largest absolute Gasteiger partial charge is 0.508 e. The van der Waals surface area contributed by atoms with Gasteiger partial charge in [0.1, 0.15) is 5.75 Å². The molecule has 1 fully saturated rings. The zero-order valence-electron chi connectivity index (χ0n) is 11.5. The molecule has 1 aliphatic heterocycles. The maximum atomic E-state index is 9.77. The second-order valence-corrected chi connectivity index (χ2v) is 5.72. The molecule has 0 amide bonds. The number of hydrogen-bond acceptors (Lipinski definition) is 3. The molecule has 0 radical (unpaired) electrons. The van der Waals surface area contributed by atoms with Crippen LogP contribution in [0.1, 0.15) is 31.7 Å². The van der Waals surface area contributed by atoms with E-state index < -0.39 is 0 Å². The Labute approximate surface area is 120 Å². The van der Waals surface area contributed by atoms with E-state index in [9.17, 15) is 5.11 Å². The van der Waals surface area contributed by atoms with Gasteiger partial charge < -0.3 is 10.4 Å². The molecule has 1 aliphatic rings. The van der Waals surface area contributed by atoms with E-state index in [2.05, 4.69) is 17.1 Å². The topological polar surface area (TPSA) is 35.5 Å². The monoisotopic (exact) mass is 282 g/mol. The summed E-state index contributed by atoms with van der Waals surface area (Å²) >= 11 is 6.08. The lowest BCUT2D eigenvalue weighted by atomic mass is 10.1. The van der Waals surface area contributed by atoms with E-state index in [1.54, 1.807) is 12.1 Å². The molecule has 0 spiro atoms. The molecule has 106 valence electrons. The van der Waals surface area contributed by atoms with Crippen LogP contribution in [0.3, 0.4) is 0 Å². The van der Waals surface area contributed by atoms with Crippen molar-refractivity contribution < 1.29 is 5.11 Å². The second-order valence-electron chi connectivity index (χ2n) is 5.31. The number of halogens is 1. The fourth-order valence-corrected chi connectivity index (χ4v) is 2.85. The predicted octanol–water partition coefficient (Wildman–Crippen LogP) is 3.01. The van der Waals surface area contributed by atoms with Crippen molar-refractivity contribution in [2.75, 3.05) is 19.6 Å². The molecule has 1 atom stereocenters. The molecule has 1 saturated heterocycles. The van der Waals surface area contributed by atoms with E-state index in [-0.39, 0.29) is 5.75 Å². The number of likely N-dealkylation sites (tertiary alicyclic amines) is 1. The van der Waals surface area contributed by atoms with Gasteiger partial charge in [-0.3, -0.25) is 4.90 Å². The molecule has 2 rings (SSSR count). The quantitative estimate of drug-likeness (QED) is 0.871. The van der Waals surface area contributed by atoms with E-state index >= 15 is 0 Å². The van der Waals surface area contributed by atoms with E-state index in [1.165, 1.54) is 32.4 Å². The Morgan fingerprint density at radius 1 is 1.32 bits per heavy atom. The Bertz CT molecular complexity index is 385. The molecule has 1 aromatic rings. The van der Waals surface area contributed by atoms with Crippen molar-refractivity contribution >= 4 is 11.6 Å². The SMILES string of the molecule is CC(CNCc1c(O)cccc1Cl)N1CCCCC1. The Kier molecular flexibility index (Phi) is 5.49. The highest BCUT2D eigenvalue weighted by atomic mass is 35.5. The van der Waals surface area contributed by atoms with Gasteiger partial charge in [-0.2, -0.15) is 0 Å². The molecule has 0 bridgehead atoms. The van der Waals surface area contributed by atoms with Crippen molar-refractivity contribution in [3.8, 4) is 5.75 Å².